The number of nitrogens with one attached hydrogen (secondary N) is 2. The molecule has 3 aliphatic rings. The van der Waals surface area contributed by atoms with Crippen molar-refractivity contribution in [3.8, 4) is 11.1 Å². The van der Waals surface area contributed by atoms with Gasteiger partial charge in [-0.1, -0.05) is 122 Å². The van der Waals surface area contributed by atoms with Crippen molar-refractivity contribution in [1.29, 1.82) is 0 Å². The molecule has 0 atom stereocenters. The summed E-state index contributed by atoms with van der Waals surface area (Å²) in [5, 5.41) is 11.8. The number of anilines is 2. The number of aliphatic imine (C=N–C) groups is 1. The van der Waals surface area contributed by atoms with Crippen molar-refractivity contribution in [2.24, 2.45) is 9.98 Å². The van der Waals surface area contributed by atoms with Gasteiger partial charge in [0.05, 0.1) is 5.36 Å². The fourth-order valence-corrected chi connectivity index (χ4v) is 6.15. The molecule has 0 aromatic heterocycles. The van der Waals surface area contributed by atoms with Crippen LogP contribution in [0.3, 0.4) is 0 Å². The van der Waals surface area contributed by atoms with Gasteiger partial charge in [-0.2, -0.15) is 0 Å². The quantitative estimate of drug-likeness (QED) is 0.216. The van der Waals surface area contributed by atoms with E-state index in [0.717, 1.165) is 61.1 Å². The molecule has 0 amide bonds. The Morgan fingerprint density at radius 2 is 1.38 bits per heavy atom. The van der Waals surface area contributed by atoms with Crippen LogP contribution >= 0.6 is 0 Å². The molecule has 2 N–H and O–H groups in total. The second kappa shape index (κ2) is 12.8. The van der Waals surface area contributed by atoms with Gasteiger partial charge in [-0.3, -0.25) is 0 Å². The van der Waals surface area contributed by atoms with Crippen LogP contribution in [0.25, 0.3) is 33.2 Å². The summed E-state index contributed by atoms with van der Waals surface area (Å²) in [5.41, 5.74) is 10.4. The van der Waals surface area contributed by atoms with Crippen LogP contribution in [0.1, 0.15) is 18.1 Å². The van der Waals surface area contributed by atoms with Crippen molar-refractivity contribution in [1.82, 2.24) is 0 Å². The van der Waals surface area contributed by atoms with E-state index >= 15 is 0 Å². The van der Waals surface area contributed by atoms with E-state index in [4.69, 9.17) is 9.98 Å². The molecule has 2 heterocycles. The molecular weight excluding hydrogens is 757 g/mol. The monoisotopic (exact) mass is 784 g/mol. The topological polar surface area (TPSA) is 48.8 Å². The number of hydrogen-bond donors (Lipinski definition) is 2. The first-order valence-corrected chi connectivity index (χ1v) is 14.6. The molecular formula is C38H28BIN4Pd-. The third-order valence-electron chi connectivity index (χ3n) is 8.40. The van der Waals surface area contributed by atoms with Crippen molar-refractivity contribution in [2.75, 3.05) is 10.5 Å². The first kappa shape index (κ1) is 31.0. The molecule has 1 radical (unpaired) electrons. The summed E-state index contributed by atoms with van der Waals surface area (Å²) >= 11 is 0. The Morgan fingerprint density at radius 1 is 0.689 bits per heavy atom. The number of rotatable bonds is 3. The van der Waals surface area contributed by atoms with E-state index in [9.17, 15) is 0 Å². The van der Waals surface area contributed by atoms with E-state index in [1.54, 1.807) is 0 Å². The van der Waals surface area contributed by atoms with Gasteiger partial charge in [-0.25, -0.2) is 9.98 Å². The van der Waals surface area contributed by atoms with Crippen LogP contribution in [0.4, 0.5) is 17.1 Å². The van der Waals surface area contributed by atoms with E-state index in [2.05, 4.69) is 152 Å². The minimum absolute atomic E-state index is 0. The van der Waals surface area contributed by atoms with Crippen LogP contribution < -0.4 is 50.5 Å². The van der Waals surface area contributed by atoms with E-state index in [-0.39, 0.29) is 51.4 Å². The molecule has 0 saturated carbocycles. The van der Waals surface area contributed by atoms with Crippen molar-refractivity contribution in [3.63, 3.8) is 0 Å². The summed E-state index contributed by atoms with van der Waals surface area (Å²) in [6, 6.07) is 34.1. The fraction of sp³-hybridized carbons (Fsp3) is 0.0526. The molecule has 1 aliphatic carbocycles. The van der Waals surface area contributed by atoms with Crippen LogP contribution in [-0.2, 0) is 20.4 Å². The van der Waals surface area contributed by atoms with E-state index < -0.39 is 0 Å². The van der Waals surface area contributed by atoms with Gasteiger partial charge in [-0.05, 0) is 41.0 Å². The van der Waals surface area contributed by atoms with E-state index in [1.165, 1.54) is 22.3 Å². The third kappa shape index (κ3) is 5.67. The molecule has 8 rings (SSSR count). The van der Waals surface area contributed by atoms with Gasteiger partial charge >= 0.3 is 6.98 Å². The van der Waals surface area contributed by atoms with Gasteiger partial charge in [0.15, 0.2) is 0 Å². The fourth-order valence-electron chi connectivity index (χ4n) is 6.15. The van der Waals surface area contributed by atoms with Crippen molar-refractivity contribution in [2.45, 2.75) is 13.8 Å². The number of fused-ring (bicyclic) bond motifs is 1. The molecule has 5 aromatic carbocycles. The molecule has 221 valence electrons. The van der Waals surface area contributed by atoms with Crippen molar-refractivity contribution < 1.29 is 44.4 Å². The Kier molecular flexibility index (Phi) is 8.82. The molecule has 0 saturated heterocycles. The molecule has 2 aliphatic heterocycles. The Balaban J connectivity index is 0.00000179. The molecule has 4 nitrogen and oxygen atoms in total. The van der Waals surface area contributed by atoms with Gasteiger partial charge in [0, 0.05) is 65.3 Å². The van der Waals surface area contributed by atoms with Crippen LogP contribution in [0.2, 0.25) is 0 Å². The van der Waals surface area contributed by atoms with E-state index in [0.29, 0.717) is 0 Å². The van der Waals surface area contributed by atoms with Gasteiger partial charge in [0.2, 0.25) is 0 Å². The van der Waals surface area contributed by atoms with Gasteiger partial charge in [0.25, 0.3) is 0 Å². The molecule has 7 heteroatoms. The summed E-state index contributed by atoms with van der Waals surface area (Å²) in [7, 11) is 0. The molecule has 0 spiro atoms. The summed E-state index contributed by atoms with van der Waals surface area (Å²) in [6.45, 7) is 4.07. The summed E-state index contributed by atoms with van der Waals surface area (Å²) in [6.07, 6.45) is 8.62. The predicted octanol–water partition coefficient (Wildman–Crippen LogP) is 3.90. The molecule has 45 heavy (non-hydrogen) atoms. The smallest absolute Gasteiger partial charge is 0.406 e. The Hall–Kier alpha value is -3.98. The van der Waals surface area contributed by atoms with Crippen LogP contribution in [0, 0.1) is 12.8 Å². The maximum atomic E-state index is 5.31. The summed E-state index contributed by atoms with van der Waals surface area (Å²) < 4.78 is 0. The zero-order chi connectivity index (χ0) is 28.9. The van der Waals surface area contributed by atoms with Gasteiger partial charge in [0.1, 0.15) is 11.4 Å². The number of halogens is 1. The minimum atomic E-state index is -0.141. The first-order chi connectivity index (χ1) is 21.1. The van der Waals surface area contributed by atoms with Crippen LogP contribution in [0.15, 0.2) is 131 Å². The number of benzene rings is 5. The zero-order valence-corrected chi connectivity index (χ0v) is 28.4. The zero-order valence-electron chi connectivity index (χ0n) is 24.7. The maximum Gasteiger partial charge on any atom is 0.406 e. The predicted molar refractivity (Wildman–Crippen MR) is 182 cm³/mol. The standard InChI is InChI=1S/C38H28BN4.HI.Pd/c1-24-13-17-26(18-14-24)29-21-22-30(27-19-15-25(2)16-20-27)38-37(29)40-23-35(41-38)31-9-3-4-10-32(31)39-42-33-11-5-7-28-8-6-12-34(43-39)36(28)33;;/h3-22,42-43H,1-2H3;1H;/p-1. The number of nitrogens with zero attached hydrogens (tertiary/aromatic N) is 2. The second-order valence-electron chi connectivity index (χ2n) is 11.3. The van der Waals surface area contributed by atoms with E-state index in [1.807, 2.05) is 0 Å². The number of allylic oxidation sites excluding steroid dienone is 4. The average Bonchev–Trinajstić information content (AvgIpc) is 3.05. The summed E-state index contributed by atoms with van der Waals surface area (Å²) in [5.74, 6) is 4.56. The molecule has 0 bridgehead atoms. The van der Waals surface area contributed by atoms with Gasteiger partial charge < -0.3 is 34.4 Å². The number of hydrogen-bond acceptors (Lipinski definition) is 4. The third-order valence-corrected chi connectivity index (χ3v) is 8.40. The molecule has 0 fully saturated rings. The van der Waals surface area contributed by atoms with Crippen molar-refractivity contribution in [3.05, 3.63) is 149 Å². The Morgan fingerprint density at radius 3 is 2.09 bits per heavy atom. The van der Waals surface area contributed by atoms with Crippen molar-refractivity contribution >= 4 is 57.4 Å². The summed E-state index contributed by atoms with van der Waals surface area (Å²) in [4.78, 5) is 10.3. The average molecular weight is 785 g/mol. The van der Waals surface area contributed by atoms with Crippen LogP contribution in [0.5, 0.6) is 0 Å². The molecule has 0 unspecified atom stereocenters. The minimum Gasteiger partial charge on any atom is -1.00 e. The SMILES string of the molecule is C[C]1C=CC(=c2ccc(-c3ccc(C)cc3)c3c2=NC(c2ccccc2B2Nc4cccc5cccc(c45)N2)=C=N3)C=C1.[I-].[Pd]. The van der Waals surface area contributed by atoms with Gasteiger partial charge in [-0.15, -0.1) is 0 Å². The normalized spacial score (nSPS) is 14.4. The largest absolute Gasteiger partial charge is 1.00 e. The van der Waals surface area contributed by atoms with Crippen LogP contribution in [-0.4, -0.2) is 12.9 Å². The molecule has 5 aromatic rings. The number of aryl methyl sites for hydroxylation is 1. The Bertz CT molecular complexity index is 2160. The maximum absolute atomic E-state index is 5.31. The second-order valence-corrected chi connectivity index (χ2v) is 11.3. The Labute approximate surface area is 294 Å². The first-order valence-electron chi connectivity index (χ1n) is 14.6.